The molecule has 0 unspecified atom stereocenters. The third-order valence-corrected chi connectivity index (χ3v) is 6.64. The first-order valence-electron chi connectivity index (χ1n) is 8.86. The van der Waals surface area contributed by atoms with Crippen LogP contribution in [0, 0.1) is 5.82 Å². The van der Waals surface area contributed by atoms with Gasteiger partial charge in [-0.3, -0.25) is 14.2 Å². The molecule has 5 nitrogen and oxygen atoms in total. The van der Waals surface area contributed by atoms with Crippen LogP contribution in [0.15, 0.2) is 39.1 Å². The number of rotatable bonds is 6. The van der Waals surface area contributed by atoms with E-state index < -0.39 is 5.25 Å². The van der Waals surface area contributed by atoms with Crippen molar-refractivity contribution >= 4 is 29.5 Å². The predicted octanol–water partition coefficient (Wildman–Crippen LogP) is 3.84. The second kappa shape index (κ2) is 8.48. The van der Waals surface area contributed by atoms with E-state index in [2.05, 4.69) is 0 Å². The molecule has 8 heteroatoms. The van der Waals surface area contributed by atoms with Gasteiger partial charge >= 0.3 is 5.97 Å². The summed E-state index contributed by atoms with van der Waals surface area (Å²) in [4.78, 5) is 30.7. The number of benzene rings is 1. The van der Waals surface area contributed by atoms with E-state index in [1.54, 1.807) is 19.1 Å². The highest BCUT2D eigenvalue weighted by Crippen LogP contribution is 2.36. The zero-order valence-corrected chi connectivity index (χ0v) is 17.0. The molecule has 0 N–H and O–H groups in total. The number of esters is 1. The van der Waals surface area contributed by atoms with Crippen molar-refractivity contribution in [3.05, 3.63) is 46.1 Å². The number of hydrogen-bond donors (Lipinski definition) is 0. The number of halogens is 1. The van der Waals surface area contributed by atoms with Gasteiger partial charge in [0.05, 0.1) is 22.9 Å². The van der Waals surface area contributed by atoms with Crippen LogP contribution in [0.1, 0.15) is 32.9 Å². The van der Waals surface area contributed by atoms with Gasteiger partial charge in [0, 0.05) is 11.7 Å². The molecular formula is C19H21FN2O3S2. The molecule has 0 saturated carbocycles. The molecule has 2 heterocycles. The molecule has 1 aliphatic heterocycles. The molecule has 144 valence electrons. The summed E-state index contributed by atoms with van der Waals surface area (Å²) in [5.41, 5.74) is 1.11. The Morgan fingerprint density at radius 1 is 1.41 bits per heavy atom. The van der Waals surface area contributed by atoms with E-state index in [4.69, 9.17) is 9.72 Å². The third kappa shape index (κ3) is 4.21. The SMILES string of the molecule is CCOC(=O)[C@H](CC)Sc1nc2c(c(=O)n1-c1ccc(F)cc1)S[C@H](C)C2. The van der Waals surface area contributed by atoms with Gasteiger partial charge < -0.3 is 4.74 Å². The Morgan fingerprint density at radius 2 is 2.11 bits per heavy atom. The van der Waals surface area contributed by atoms with E-state index in [9.17, 15) is 14.0 Å². The van der Waals surface area contributed by atoms with Crippen molar-refractivity contribution in [3.8, 4) is 5.69 Å². The van der Waals surface area contributed by atoms with Crippen LogP contribution in [0.4, 0.5) is 4.39 Å². The Bertz CT molecular complexity index is 899. The minimum Gasteiger partial charge on any atom is -0.465 e. The first-order chi connectivity index (χ1) is 12.9. The normalized spacial score (nSPS) is 16.8. The predicted molar refractivity (Wildman–Crippen MR) is 105 cm³/mol. The molecule has 0 amide bonds. The molecular weight excluding hydrogens is 387 g/mol. The zero-order chi connectivity index (χ0) is 19.6. The molecule has 27 heavy (non-hydrogen) atoms. The first kappa shape index (κ1) is 19.9. The van der Waals surface area contributed by atoms with Gasteiger partial charge in [-0.25, -0.2) is 9.37 Å². The highest BCUT2D eigenvalue weighted by Gasteiger charge is 2.29. The molecule has 0 radical (unpaired) electrons. The topological polar surface area (TPSA) is 61.2 Å². The van der Waals surface area contributed by atoms with Gasteiger partial charge in [-0.05, 0) is 37.6 Å². The van der Waals surface area contributed by atoms with Gasteiger partial charge in [0.1, 0.15) is 11.1 Å². The number of fused-ring (bicyclic) bond motifs is 1. The lowest BCUT2D eigenvalue weighted by atomic mass is 10.2. The van der Waals surface area contributed by atoms with Gasteiger partial charge in [0.25, 0.3) is 5.56 Å². The van der Waals surface area contributed by atoms with Crippen LogP contribution < -0.4 is 5.56 Å². The van der Waals surface area contributed by atoms with Gasteiger partial charge in [0.15, 0.2) is 5.16 Å². The van der Waals surface area contributed by atoms with Crippen LogP contribution in [0.25, 0.3) is 5.69 Å². The van der Waals surface area contributed by atoms with Crippen molar-refractivity contribution in [2.75, 3.05) is 6.61 Å². The van der Waals surface area contributed by atoms with Crippen molar-refractivity contribution in [3.63, 3.8) is 0 Å². The smallest absolute Gasteiger partial charge is 0.319 e. The summed E-state index contributed by atoms with van der Waals surface area (Å²) in [6.45, 7) is 6.00. The summed E-state index contributed by atoms with van der Waals surface area (Å²) < 4.78 is 20.0. The Hall–Kier alpha value is -1.80. The van der Waals surface area contributed by atoms with Crippen molar-refractivity contribution < 1.29 is 13.9 Å². The largest absolute Gasteiger partial charge is 0.465 e. The number of carbonyl (C=O) groups is 1. The summed E-state index contributed by atoms with van der Waals surface area (Å²) in [7, 11) is 0. The van der Waals surface area contributed by atoms with Gasteiger partial charge in [-0.1, -0.05) is 25.6 Å². The van der Waals surface area contributed by atoms with Crippen molar-refractivity contribution in [2.45, 2.75) is 54.2 Å². The fourth-order valence-electron chi connectivity index (χ4n) is 2.86. The Kier molecular flexibility index (Phi) is 6.26. The van der Waals surface area contributed by atoms with E-state index in [0.717, 1.165) is 5.69 Å². The standard InChI is InChI=1S/C19H21FN2O3S2/c1-4-15(18(24)25-5-2)27-19-21-14-10-11(3)26-16(14)17(23)22(19)13-8-6-12(20)7-9-13/h6-9,11,15H,4-5,10H2,1-3H3/t11-,15+/m1/s1. The number of carbonyl (C=O) groups excluding carboxylic acids is 1. The molecule has 2 aromatic rings. The minimum absolute atomic E-state index is 0.179. The molecule has 0 fully saturated rings. The molecule has 1 aliphatic rings. The van der Waals surface area contributed by atoms with Crippen molar-refractivity contribution in [2.24, 2.45) is 0 Å². The Balaban J connectivity index is 2.10. The van der Waals surface area contributed by atoms with E-state index in [0.29, 0.717) is 35.2 Å². The monoisotopic (exact) mass is 408 g/mol. The minimum atomic E-state index is -0.465. The Labute approximate surface area is 165 Å². The van der Waals surface area contributed by atoms with E-state index >= 15 is 0 Å². The lowest BCUT2D eigenvalue weighted by Crippen LogP contribution is -2.26. The van der Waals surface area contributed by atoms with Gasteiger partial charge in [0.2, 0.25) is 0 Å². The molecule has 0 bridgehead atoms. The molecule has 3 rings (SSSR count). The van der Waals surface area contributed by atoms with Gasteiger partial charge in [-0.2, -0.15) is 0 Å². The highest BCUT2D eigenvalue weighted by molar-refractivity contribution is 8.00. The summed E-state index contributed by atoms with van der Waals surface area (Å²) in [5.74, 6) is -0.704. The van der Waals surface area contributed by atoms with Crippen LogP contribution in [-0.2, 0) is 16.0 Å². The van der Waals surface area contributed by atoms with Crippen LogP contribution in [0.5, 0.6) is 0 Å². The maximum Gasteiger partial charge on any atom is 0.319 e. The number of hydrogen-bond acceptors (Lipinski definition) is 6. The van der Waals surface area contributed by atoms with Crippen LogP contribution >= 0.6 is 23.5 Å². The Morgan fingerprint density at radius 3 is 2.74 bits per heavy atom. The highest BCUT2D eigenvalue weighted by atomic mass is 32.2. The molecule has 1 aromatic carbocycles. The second-order valence-electron chi connectivity index (χ2n) is 6.19. The first-order valence-corrected chi connectivity index (χ1v) is 10.6. The number of nitrogens with zero attached hydrogens (tertiary/aromatic N) is 2. The summed E-state index contributed by atoms with van der Waals surface area (Å²) >= 11 is 2.72. The molecule has 0 aliphatic carbocycles. The lowest BCUT2D eigenvalue weighted by Gasteiger charge is -2.17. The van der Waals surface area contributed by atoms with Gasteiger partial charge in [-0.15, -0.1) is 11.8 Å². The molecule has 2 atom stereocenters. The number of aromatic nitrogens is 2. The molecule has 0 saturated heterocycles. The third-order valence-electron chi connectivity index (χ3n) is 4.13. The maximum absolute atomic E-state index is 13.4. The van der Waals surface area contributed by atoms with E-state index in [-0.39, 0.29) is 22.6 Å². The van der Waals surface area contributed by atoms with E-state index in [1.807, 2.05) is 13.8 Å². The van der Waals surface area contributed by atoms with Crippen LogP contribution in [0.3, 0.4) is 0 Å². The zero-order valence-electron chi connectivity index (χ0n) is 15.4. The fourth-order valence-corrected chi connectivity index (χ4v) is 5.00. The van der Waals surface area contributed by atoms with Crippen molar-refractivity contribution in [1.29, 1.82) is 0 Å². The van der Waals surface area contributed by atoms with Crippen LogP contribution in [-0.4, -0.2) is 32.6 Å². The maximum atomic E-state index is 13.4. The summed E-state index contributed by atoms with van der Waals surface area (Å²) in [6, 6.07) is 5.70. The van der Waals surface area contributed by atoms with Crippen molar-refractivity contribution in [1.82, 2.24) is 9.55 Å². The number of ether oxygens (including phenoxy) is 1. The second-order valence-corrected chi connectivity index (χ2v) is 8.81. The molecule has 0 spiro atoms. The summed E-state index contributed by atoms with van der Waals surface area (Å²) in [6.07, 6.45) is 1.26. The number of thioether (sulfide) groups is 2. The fraction of sp³-hybridized carbons (Fsp3) is 0.421. The average molecular weight is 409 g/mol. The van der Waals surface area contributed by atoms with E-state index in [1.165, 1.54) is 40.2 Å². The quantitative estimate of drug-likeness (QED) is 0.411. The molecule has 1 aromatic heterocycles. The van der Waals surface area contributed by atoms with Crippen LogP contribution in [0.2, 0.25) is 0 Å². The average Bonchev–Trinajstić information content (AvgIpc) is 3.02. The summed E-state index contributed by atoms with van der Waals surface area (Å²) in [5, 5.41) is 0.238. The lowest BCUT2D eigenvalue weighted by molar-refractivity contribution is -0.142.